The lowest BCUT2D eigenvalue weighted by Gasteiger charge is -2.09. The van der Waals surface area contributed by atoms with Gasteiger partial charge in [0.2, 0.25) is 0 Å². The van der Waals surface area contributed by atoms with Crippen LogP contribution in [0.15, 0.2) is 156 Å². The summed E-state index contributed by atoms with van der Waals surface area (Å²) in [6.45, 7) is 0. The molecular formula is C39H25N3O. The number of nitrogens with zero attached hydrogens (tertiary/aromatic N) is 3. The zero-order valence-corrected chi connectivity index (χ0v) is 22.8. The third-order valence-electron chi connectivity index (χ3n) is 7.44. The van der Waals surface area contributed by atoms with Gasteiger partial charge in [0.25, 0.3) is 0 Å². The highest BCUT2D eigenvalue weighted by Crippen LogP contribution is 2.35. The molecule has 2 aromatic heterocycles. The SMILES string of the molecule is [2H]c1c([2H])c([2H])c(-c2ccc3oc4cc(-c5nc(-c6ccccc6)nc(-c6ccc(-c7ccccc7)cc6)n5)ccc4c3c2)c([2H])c1[2H]. The van der Waals surface area contributed by atoms with Crippen molar-refractivity contribution in [1.29, 1.82) is 0 Å². The normalized spacial score (nSPS) is 12.9. The van der Waals surface area contributed by atoms with Crippen LogP contribution in [-0.4, -0.2) is 15.0 Å². The van der Waals surface area contributed by atoms with Crippen LogP contribution in [0.25, 0.3) is 78.4 Å². The molecule has 6 aromatic carbocycles. The number of rotatable bonds is 5. The van der Waals surface area contributed by atoms with Crippen LogP contribution in [0.1, 0.15) is 6.85 Å². The summed E-state index contributed by atoms with van der Waals surface area (Å²) in [4.78, 5) is 14.6. The quantitative estimate of drug-likeness (QED) is 0.212. The first-order valence-corrected chi connectivity index (χ1v) is 13.9. The summed E-state index contributed by atoms with van der Waals surface area (Å²) >= 11 is 0. The van der Waals surface area contributed by atoms with Crippen LogP contribution in [0.4, 0.5) is 0 Å². The molecule has 0 amide bonds. The lowest BCUT2D eigenvalue weighted by atomic mass is 10.0. The van der Waals surface area contributed by atoms with Gasteiger partial charge in [-0.2, -0.15) is 0 Å². The van der Waals surface area contributed by atoms with E-state index in [4.69, 9.17) is 26.2 Å². The second-order valence-electron chi connectivity index (χ2n) is 10.1. The van der Waals surface area contributed by atoms with Gasteiger partial charge in [-0.25, -0.2) is 15.0 Å². The van der Waals surface area contributed by atoms with E-state index in [-0.39, 0.29) is 29.7 Å². The first kappa shape index (κ1) is 20.1. The molecule has 0 spiro atoms. The highest BCUT2D eigenvalue weighted by atomic mass is 16.3. The zero-order chi connectivity index (χ0) is 32.9. The molecule has 0 N–H and O–H groups in total. The monoisotopic (exact) mass is 556 g/mol. The number of furan rings is 1. The minimum atomic E-state index is -0.419. The summed E-state index contributed by atoms with van der Waals surface area (Å²) in [5.41, 5.74) is 6.58. The van der Waals surface area contributed by atoms with Crippen molar-refractivity contribution in [2.75, 3.05) is 0 Å². The Bertz CT molecular complexity index is 2470. The van der Waals surface area contributed by atoms with E-state index in [9.17, 15) is 0 Å². The number of aromatic nitrogens is 3. The highest BCUT2D eigenvalue weighted by molar-refractivity contribution is 6.07. The molecule has 8 rings (SSSR count). The van der Waals surface area contributed by atoms with Crippen LogP contribution in [-0.2, 0) is 0 Å². The molecule has 0 fully saturated rings. The van der Waals surface area contributed by atoms with Crippen molar-refractivity contribution in [2.24, 2.45) is 0 Å². The van der Waals surface area contributed by atoms with E-state index in [1.165, 1.54) is 0 Å². The topological polar surface area (TPSA) is 51.8 Å². The third kappa shape index (κ3) is 4.75. The van der Waals surface area contributed by atoms with Gasteiger partial charge in [-0.05, 0) is 46.5 Å². The fourth-order valence-corrected chi connectivity index (χ4v) is 5.26. The molecule has 0 unspecified atom stereocenters. The van der Waals surface area contributed by atoms with Crippen LogP contribution < -0.4 is 0 Å². The van der Waals surface area contributed by atoms with Gasteiger partial charge in [0.1, 0.15) is 11.2 Å². The molecule has 0 saturated heterocycles. The highest BCUT2D eigenvalue weighted by Gasteiger charge is 2.15. The van der Waals surface area contributed by atoms with Crippen LogP contribution in [0.2, 0.25) is 0 Å². The van der Waals surface area contributed by atoms with Crippen LogP contribution >= 0.6 is 0 Å². The second kappa shape index (κ2) is 10.5. The molecule has 0 aliphatic heterocycles. The van der Waals surface area contributed by atoms with Crippen molar-refractivity contribution < 1.29 is 11.3 Å². The van der Waals surface area contributed by atoms with Crippen molar-refractivity contribution in [3.63, 3.8) is 0 Å². The minimum Gasteiger partial charge on any atom is -0.456 e. The van der Waals surface area contributed by atoms with Crippen LogP contribution in [0.3, 0.4) is 0 Å². The molecule has 4 heteroatoms. The second-order valence-corrected chi connectivity index (χ2v) is 10.1. The standard InChI is InChI=1S/C39H25N3O/c1-4-10-26(11-5-1)28-16-18-30(19-17-28)38-40-37(29-14-8-3-9-15-29)41-39(42-38)32-20-22-33-34-24-31(27-12-6-2-7-13-27)21-23-35(34)43-36(33)25-32/h1-25H/i2D,6D,7D,12D,13D. The van der Waals surface area contributed by atoms with Gasteiger partial charge in [-0.3, -0.25) is 0 Å². The average Bonchev–Trinajstić information content (AvgIpc) is 3.51. The van der Waals surface area contributed by atoms with Crippen molar-refractivity contribution >= 4 is 21.9 Å². The fourth-order valence-electron chi connectivity index (χ4n) is 5.26. The zero-order valence-electron chi connectivity index (χ0n) is 27.8. The molecule has 2 heterocycles. The van der Waals surface area contributed by atoms with Gasteiger partial charge < -0.3 is 4.42 Å². The molecule has 0 aliphatic carbocycles. The summed E-state index contributed by atoms with van der Waals surface area (Å²) in [7, 11) is 0. The largest absolute Gasteiger partial charge is 0.456 e. The Labute approximate surface area is 256 Å². The number of benzene rings is 6. The fraction of sp³-hybridized carbons (Fsp3) is 0. The molecular weight excluding hydrogens is 526 g/mol. The summed E-state index contributed by atoms with van der Waals surface area (Å²) < 4.78 is 47.2. The molecule has 4 nitrogen and oxygen atoms in total. The molecule has 202 valence electrons. The Morgan fingerprint density at radius 2 is 0.930 bits per heavy atom. The van der Waals surface area contributed by atoms with Gasteiger partial charge in [-0.1, -0.05) is 127 Å². The molecule has 0 saturated carbocycles. The number of fused-ring (bicyclic) bond motifs is 3. The lowest BCUT2D eigenvalue weighted by Crippen LogP contribution is -2.00. The Balaban J connectivity index is 1.23. The molecule has 0 radical (unpaired) electrons. The van der Waals surface area contributed by atoms with E-state index >= 15 is 0 Å². The van der Waals surface area contributed by atoms with E-state index in [2.05, 4.69) is 24.3 Å². The molecule has 0 bridgehead atoms. The maximum absolute atomic E-state index is 8.42. The molecule has 8 aromatic rings. The van der Waals surface area contributed by atoms with Crippen LogP contribution in [0, 0.1) is 0 Å². The van der Waals surface area contributed by atoms with E-state index < -0.39 is 6.04 Å². The van der Waals surface area contributed by atoms with E-state index in [0.717, 1.165) is 38.6 Å². The smallest absolute Gasteiger partial charge is 0.164 e. The average molecular weight is 557 g/mol. The van der Waals surface area contributed by atoms with Gasteiger partial charge in [0.05, 0.1) is 6.85 Å². The lowest BCUT2D eigenvalue weighted by molar-refractivity contribution is 0.669. The van der Waals surface area contributed by atoms with Gasteiger partial charge in [0.15, 0.2) is 17.5 Å². The first-order valence-electron chi connectivity index (χ1n) is 16.4. The maximum Gasteiger partial charge on any atom is 0.164 e. The van der Waals surface area contributed by atoms with Crippen LogP contribution in [0.5, 0.6) is 0 Å². The van der Waals surface area contributed by atoms with Crippen molar-refractivity contribution in [1.82, 2.24) is 15.0 Å². The summed E-state index contributed by atoms with van der Waals surface area (Å²) in [6, 6.07) is 37.6. The molecule has 0 aliphatic rings. The molecule has 0 atom stereocenters. The van der Waals surface area contributed by atoms with Crippen molar-refractivity contribution in [3.05, 3.63) is 152 Å². The maximum atomic E-state index is 8.42. The Morgan fingerprint density at radius 3 is 1.63 bits per heavy atom. The molecule has 43 heavy (non-hydrogen) atoms. The summed E-state index contributed by atoms with van der Waals surface area (Å²) in [5, 5.41) is 1.58. The van der Waals surface area contributed by atoms with E-state index in [0.29, 0.717) is 34.2 Å². The minimum absolute atomic E-state index is 0.150. The predicted octanol–water partition coefficient (Wildman–Crippen LogP) is 10.1. The van der Waals surface area contributed by atoms with Gasteiger partial charge >= 0.3 is 0 Å². The van der Waals surface area contributed by atoms with Gasteiger partial charge in [-0.15, -0.1) is 0 Å². The number of hydrogen-bond acceptors (Lipinski definition) is 4. The first-order chi connectivity index (χ1) is 23.4. The Morgan fingerprint density at radius 1 is 0.395 bits per heavy atom. The number of hydrogen-bond donors (Lipinski definition) is 0. The predicted molar refractivity (Wildman–Crippen MR) is 174 cm³/mol. The van der Waals surface area contributed by atoms with Crippen molar-refractivity contribution in [2.45, 2.75) is 0 Å². The van der Waals surface area contributed by atoms with E-state index in [1.807, 2.05) is 84.9 Å². The Kier molecular flexibility index (Phi) is 4.91. The van der Waals surface area contributed by atoms with E-state index in [1.54, 1.807) is 12.1 Å². The van der Waals surface area contributed by atoms with Crippen molar-refractivity contribution in [3.8, 4) is 56.4 Å². The third-order valence-corrected chi connectivity index (χ3v) is 7.44. The summed E-state index contributed by atoms with van der Waals surface area (Å²) in [5.74, 6) is 1.59. The Hall–Kier alpha value is -5.87. The summed E-state index contributed by atoms with van der Waals surface area (Å²) in [6.07, 6.45) is 0. The van der Waals surface area contributed by atoms with Gasteiger partial charge in [0, 0.05) is 27.5 Å².